The maximum atomic E-state index is 11.8. The Morgan fingerprint density at radius 3 is 1.58 bits per heavy atom. The van der Waals surface area contributed by atoms with Crippen molar-refractivity contribution in [1.29, 1.82) is 0 Å². The molecule has 3 aromatic heterocycles. The summed E-state index contributed by atoms with van der Waals surface area (Å²) in [5.41, 5.74) is 2.65. The second kappa shape index (κ2) is 9.01. The van der Waals surface area contributed by atoms with Crippen LogP contribution in [0.1, 0.15) is 40.5 Å². The van der Waals surface area contributed by atoms with Crippen LogP contribution in [0.3, 0.4) is 0 Å². The molecule has 0 aliphatic rings. The smallest absolute Gasteiger partial charge is 0.337 e. The Bertz CT molecular complexity index is 1390. The fraction of sp³-hybridized carbons (Fsp3) is 0.167. The molecular weight excluding hydrogens is 476 g/mol. The van der Waals surface area contributed by atoms with Crippen molar-refractivity contribution in [3.05, 3.63) is 79.4 Å². The second-order valence-corrected chi connectivity index (χ2v) is 10.8. The van der Waals surface area contributed by atoms with Crippen LogP contribution in [-0.2, 0) is 22.3 Å². The summed E-state index contributed by atoms with van der Waals surface area (Å²) < 4.78 is 11.7. The van der Waals surface area contributed by atoms with Crippen molar-refractivity contribution >= 4 is 66.4 Å². The highest BCUT2D eigenvalue weighted by atomic mass is 32.1. The molecule has 2 aromatic carbocycles. The van der Waals surface area contributed by atoms with Crippen LogP contribution in [0, 0.1) is 0 Å². The number of ether oxygens (including phenoxy) is 2. The van der Waals surface area contributed by atoms with Crippen molar-refractivity contribution in [3.63, 3.8) is 0 Å². The Morgan fingerprint density at radius 2 is 1.15 bits per heavy atom. The zero-order valence-corrected chi connectivity index (χ0v) is 20.2. The molecule has 6 nitrogen and oxygen atoms in total. The Kier molecular flexibility index (Phi) is 5.92. The average Bonchev–Trinajstić information content (AvgIpc) is 3.54. The van der Waals surface area contributed by atoms with Crippen LogP contribution in [0.15, 0.2) is 48.5 Å². The van der Waals surface area contributed by atoms with Gasteiger partial charge < -0.3 is 9.47 Å². The van der Waals surface area contributed by atoms with Gasteiger partial charge in [0.15, 0.2) is 0 Å². The molecule has 5 rings (SSSR count). The van der Waals surface area contributed by atoms with Gasteiger partial charge in [-0.1, -0.05) is 0 Å². The van der Waals surface area contributed by atoms with Gasteiger partial charge in [-0.3, -0.25) is 0 Å². The molecule has 0 aliphatic heterocycles. The van der Waals surface area contributed by atoms with Gasteiger partial charge in [-0.25, -0.2) is 19.6 Å². The van der Waals surface area contributed by atoms with E-state index in [-0.39, 0.29) is 11.9 Å². The first-order valence-corrected chi connectivity index (χ1v) is 12.5. The summed E-state index contributed by atoms with van der Waals surface area (Å²) in [6, 6.07) is 15.2. The minimum atomic E-state index is -0.356. The molecule has 9 heteroatoms. The number of nitrogens with zero attached hydrogens (tertiary/aromatic N) is 2. The van der Waals surface area contributed by atoms with E-state index in [1.165, 1.54) is 24.0 Å². The summed E-state index contributed by atoms with van der Waals surface area (Å²) in [5, 5.41) is 2.02. The molecule has 5 aromatic rings. The Labute approximate surface area is 201 Å². The second-order valence-electron chi connectivity index (χ2n) is 7.28. The molecule has 0 spiro atoms. The SMILES string of the molecule is COC(=O)c1ccc2sc(Cc3ccc(Cc4nc5cc(C(=O)OC)ccc5s4)s3)nc2c1. The third-order valence-corrected chi connectivity index (χ3v) is 8.23. The summed E-state index contributed by atoms with van der Waals surface area (Å²) in [7, 11) is 2.75. The third kappa shape index (κ3) is 4.52. The number of fused-ring (bicyclic) bond motifs is 2. The number of carbonyl (C=O) groups excluding carboxylic acids is 2. The van der Waals surface area contributed by atoms with Gasteiger partial charge in [-0.05, 0) is 48.5 Å². The van der Waals surface area contributed by atoms with Gasteiger partial charge in [0.05, 0.1) is 55.8 Å². The van der Waals surface area contributed by atoms with Crippen LogP contribution in [0.2, 0.25) is 0 Å². The van der Waals surface area contributed by atoms with Crippen molar-refractivity contribution in [2.24, 2.45) is 0 Å². The Hall–Kier alpha value is -3.14. The molecule has 0 amide bonds. The van der Waals surface area contributed by atoms with Crippen LogP contribution in [0.5, 0.6) is 0 Å². The van der Waals surface area contributed by atoms with Crippen LogP contribution < -0.4 is 0 Å². The van der Waals surface area contributed by atoms with Crippen molar-refractivity contribution in [2.45, 2.75) is 12.8 Å². The number of rotatable bonds is 6. The summed E-state index contributed by atoms with van der Waals surface area (Å²) in [6.07, 6.45) is 1.50. The van der Waals surface area contributed by atoms with Crippen LogP contribution in [0.4, 0.5) is 0 Å². The fourth-order valence-electron chi connectivity index (χ4n) is 3.50. The molecule has 0 N–H and O–H groups in total. The summed E-state index contributed by atoms with van der Waals surface area (Å²) >= 11 is 5.03. The third-order valence-electron chi connectivity index (χ3n) is 5.07. The van der Waals surface area contributed by atoms with Crippen molar-refractivity contribution < 1.29 is 19.1 Å². The van der Waals surface area contributed by atoms with Gasteiger partial charge >= 0.3 is 11.9 Å². The number of carbonyl (C=O) groups is 2. The largest absolute Gasteiger partial charge is 0.465 e. The van der Waals surface area contributed by atoms with E-state index in [1.807, 2.05) is 12.1 Å². The summed E-state index contributed by atoms with van der Waals surface area (Å²) in [6.45, 7) is 0. The fourth-order valence-corrected chi connectivity index (χ4v) is 6.65. The molecule has 0 atom stereocenters. The van der Waals surface area contributed by atoms with Crippen molar-refractivity contribution in [3.8, 4) is 0 Å². The minimum absolute atomic E-state index is 0.356. The molecule has 0 aliphatic carbocycles. The van der Waals surface area contributed by atoms with E-state index in [0.717, 1.165) is 43.3 Å². The molecule has 0 saturated heterocycles. The van der Waals surface area contributed by atoms with Gasteiger partial charge in [-0.15, -0.1) is 34.0 Å². The van der Waals surface area contributed by atoms with Crippen LogP contribution >= 0.6 is 34.0 Å². The standard InChI is InChI=1S/C24H18N2O4S3/c1-29-23(27)13-3-7-19-17(9-13)25-21(32-19)11-15-5-6-16(31-15)12-22-26-18-10-14(24(28)30-2)4-8-20(18)33-22/h3-10H,11-12H2,1-2H3. The predicted octanol–water partition coefficient (Wildman–Crippen LogP) is 5.72. The zero-order chi connectivity index (χ0) is 22.9. The van der Waals surface area contributed by atoms with Crippen LogP contribution in [-0.4, -0.2) is 36.1 Å². The van der Waals surface area contributed by atoms with E-state index >= 15 is 0 Å². The topological polar surface area (TPSA) is 78.4 Å². The lowest BCUT2D eigenvalue weighted by molar-refractivity contribution is 0.0592. The Morgan fingerprint density at radius 1 is 0.697 bits per heavy atom. The molecule has 166 valence electrons. The zero-order valence-electron chi connectivity index (χ0n) is 17.8. The molecule has 0 fully saturated rings. The average molecular weight is 495 g/mol. The number of hydrogen-bond donors (Lipinski definition) is 0. The van der Waals surface area contributed by atoms with Gasteiger partial charge in [0.2, 0.25) is 0 Å². The van der Waals surface area contributed by atoms with E-state index in [2.05, 4.69) is 12.1 Å². The van der Waals surface area contributed by atoms with Crippen molar-refractivity contribution in [1.82, 2.24) is 9.97 Å². The minimum Gasteiger partial charge on any atom is -0.465 e. The highest BCUT2D eigenvalue weighted by Crippen LogP contribution is 2.30. The van der Waals surface area contributed by atoms with Crippen LogP contribution in [0.25, 0.3) is 20.4 Å². The normalized spacial score (nSPS) is 11.2. The number of thiazole rings is 2. The number of benzene rings is 2. The van der Waals surface area contributed by atoms with Gasteiger partial charge in [-0.2, -0.15) is 0 Å². The molecule has 0 unspecified atom stereocenters. The highest BCUT2D eigenvalue weighted by Gasteiger charge is 2.13. The van der Waals surface area contributed by atoms with E-state index in [1.54, 1.807) is 58.3 Å². The molecular formula is C24H18N2O4S3. The number of esters is 2. The lowest BCUT2D eigenvalue weighted by Gasteiger charge is -1.97. The maximum absolute atomic E-state index is 11.8. The number of aromatic nitrogens is 2. The Balaban J connectivity index is 1.31. The molecule has 0 saturated carbocycles. The molecule has 0 radical (unpaired) electrons. The quantitative estimate of drug-likeness (QED) is 0.281. The van der Waals surface area contributed by atoms with E-state index in [0.29, 0.717) is 11.1 Å². The summed E-state index contributed by atoms with van der Waals surface area (Å²) in [4.78, 5) is 35.4. The van der Waals surface area contributed by atoms with Gasteiger partial charge in [0, 0.05) is 22.6 Å². The van der Waals surface area contributed by atoms with Gasteiger partial charge in [0.25, 0.3) is 0 Å². The van der Waals surface area contributed by atoms with Gasteiger partial charge in [0.1, 0.15) is 0 Å². The highest BCUT2D eigenvalue weighted by molar-refractivity contribution is 7.19. The first-order valence-electron chi connectivity index (χ1n) is 10.1. The molecule has 33 heavy (non-hydrogen) atoms. The van der Waals surface area contributed by atoms with E-state index < -0.39 is 0 Å². The first kappa shape index (κ1) is 21.7. The first-order chi connectivity index (χ1) is 16.0. The lowest BCUT2D eigenvalue weighted by atomic mass is 10.2. The van der Waals surface area contributed by atoms with E-state index in [9.17, 15) is 9.59 Å². The molecule has 0 bridgehead atoms. The maximum Gasteiger partial charge on any atom is 0.337 e. The van der Waals surface area contributed by atoms with Crippen molar-refractivity contribution in [2.75, 3.05) is 14.2 Å². The molecule has 3 heterocycles. The number of hydrogen-bond acceptors (Lipinski definition) is 9. The predicted molar refractivity (Wildman–Crippen MR) is 132 cm³/mol. The monoisotopic (exact) mass is 494 g/mol. The lowest BCUT2D eigenvalue weighted by Crippen LogP contribution is -2.00. The summed E-state index contributed by atoms with van der Waals surface area (Å²) in [5.74, 6) is -0.712. The number of thiophene rings is 1. The van der Waals surface area contributed by atoms with E-state index in [4.69, 9.17) is 19.4 Å². The number of methoxy groups -OCH3 is 2.